The molecule has 9 heavy (non-hydrogen) atoms. The van der Waals surface area contributed by atoms with Crippen molar-refractivity contribution in [3.05, 3.63) is 10.8 Å². The second kappa shape index (κ2) is 4.69. The zero-order valence-corrected chi connectivity index (χ0v) is 7.46. The van der Waals surface area contributed by atoms with Gasteiger partial charge in [0.05, 0.1) is 19.8 Å². The number of hydrogen-bond donors (Lipinski definition) is 3. The summed E-state index contributed by atoms with van der Waals surface area (Å²) in [4.78, 5) is 0. The summed E-state index contributed by atoms with van der Waals surface area (Å²) in [5.41, 5.74) is 0.559. The third-order valence-corrected chi connectivity index (χ3v) is 2.25. The zero-order chi connectivity index (χ0) is 7.28. The van der Waals surface area contributed by atoms with Gasteiger partial charge in [0, 0.05) is 10.2 Å². The maximum absolute atomic E-state index is 8.52. The molecular weight excluding hydrogens is 136 g/mol. The fourth-order valence-electron chi connectivity index (χ4n) is 0.432. The van der Waals surface area contributed by atoms with Crippen molar-refractivity contribution < 1.29 is 15.3 Å². The van der Waals surface area contributed by atoms with Gasteiger partial charge in [0.15, 0.2) is 0 Å². The van der Waals surface area contributed by atoms with Crippen LogP contribution in [0.1, 0.15) is 0 Å². The van der Waals surface area contributed by atoms with Crippen molar-refractivity contribution >= 4 is 10.2 Å². The van der Waals surface area contributed by atoms with Gasteiger partial charge >= 0.3 is 0 Å². The van der Waals surface area contributed by atoms with Crippen LogP contribution in [0.4, 0.5) is 0 Å². The number of rotatable bonds is 3. The summed E-state index contributed by atoms with van der Waals surface area (Å²) in [7, 11) is 0.702. The topological polar surface area (TPSA) is 60.7 Å². The summed E-state index contributed by atoms with van der Waals surface area (Å²) in [5, 5.41) is 26.3. The number of aliphatic hydroxyl groups excluding tert-OH is 3. The highest BCUT2D eigenvalue weighted by molar-refractivity contribution is 6.22. The molecule has 0 bridgehead atoms. The Morgan fingerprint density at radius 2 is 1.44 bits per heavy atom. The van der Waals surface area contributed by atoms with Crippen LogP contribution in [-0.2, 0) is 0 Å². The van der Waals surface area contributed by atoms with Crippen LogP contribution < -0.4 is 0 Å². The van der Waals surface area contributed by atoms with Crippen molar-refractivity contribution in [2.45, 2.75) is 0 Å². The molecule has 0 heterocycles. The van der Waals surface area contributed by atoms with Gasteiger partial charge in [0.1, 0.15) is 0 Å². The van der Waals surface area contributed by atoms with E-state index in [1.54, 1.807) is 0 Å². The first kappa shape index (κ1) is 8.84. The van der Waals surface area contributed by atoms with Crippen LogP contribution in [0.5, 0.6) is 0 Å². The minimum absolute atomic E-state index is 0.0390. The van der Waals surface area contributed by atoms with E-state index in [9.17, 15) is 0 Å². The highest BCUT2D eigenvalue weighted by atomic mass is 28.1. The average Bonchev–Trinajstić information content (AvgIpc) is 1.90. The molecule has 54 valence electrons. The normalized spacial score (nSPS) is 9.67. The van der Waals surface area contributed by atoms with E-state index >= 15 is 0 Å². The zero-order valence-electron chi connectivity index (χ0n) is 5.46. The van der Waals surface area contributed by atoms with E-state index in [4.69, 9.17) is 15.3 Å². The van der Waals surface area contributed by atoms with Gasteiger partial charge < -0.3 is 15.3 Å². The molecule has 0 aliphatic heterocycles. The van der Waals surface area contributed by atoms with Gasteiger partial charge in [-0.3, -0.25) is 0 Å². The Bertz CT molecular complexity index is 105. The summed E-state index contributed by atoms with van der Waals surface area (Å²) >= 11 is 0. The summed E-state index contributed by atoms with van der Waals surface area (Å²) in [5.74, 6) is 0. The molecule has 0 fully saturated rings. The Hall–Kier alpha value is -0.163. The lowest BCUT2D eigenvalue weighted by Gasteiger charge is -2.02. The molecule has 0 spiro atoms. The van der Waals surface area contributed by atoms with Crippen molar-refractivity contribution in [3.63, 3.8) is 0 Å². The summed E-state index contributed by atoms with van der Waals surface area (Å²) in [6.45, 7) is -0.325. The maximum Gasteiger partial charge on any atom is 0.0663 e. The highest BCUT2D eigenvalue weighted by Gasteiger charge is 1.96. The van der Waals surface area contributed by atoms with Crippen molar-refractivity contribution in [2.75, 3.05) is 19.8 Å². The molecule has 0 unspecified atom stereocenters. The largest absolute Gasteiger partial charge is 0.392 e. The summed E-state index contributed by atoms with van der Waals surface area (Å²) in [6, 6.07) is 0. The Morgan fingerprint density at radius 3 is 1.56 bits per heavy atom. The number of aliphatic hydroxyl groups is 3. The van der Waals surface area contributed by atoms with Crippen LogP contribution in [-0.4, -0.2) is 45.4 Å². The van der Waals surface area contributed by atoms with Gasteiger partial charge in [-0.25, -0.2) is 0 Å². The predicted octanol–water partition coefficient (Wildman–Crippen LogP) is -2.42. The second-order valence-electron chi connectivity index (χ2n) is 1.86. The van der Waals surface area contributed by atoms with E-state index in [0.717, 1.165) is 5.20 Å². The van der Waals surface area contributed by atoms with Crippen molar-refractivity contribution in [1.29, 1.82) is 0 Å². The van der Waals surface area contributed by atoms with Crippen LogP contribution in [0.15, 0.2) is 10.8 Å². The van der Waals surface area contributed by atoms with E-state index in [1.807, 2.05) is 0 Å². The number of hydrogen-bond acceptors (Lipinski definition) is 3. The van der Waals surface area contributed by atoms with Crippen molar-refractivity contribution in [1.82, 2.24) is 0 Å². The third-order valence-electron chi connectivity index (χ3n) is 1.22. The van der Waals surface area contributed by atoms with E-state index in [-0.39, 0.29) is 19.8 Å². The molecule has 0 radical (unpaired) electrons. The smallest absolute Gasteiger partial charge is 0.0663 e. The van der Waals surface area contributed by atoms with E-state index in [0.29, 0.717) is 15.8 Å². The fourth-order valence-corrected chi connectivity index (χ4v) is 0.748. The van der Waals surface area contributed by atoms with Crippen LogP contribution >= 0.6 is 0 Å². The fraction of sp³-hybridized carbons (Fsp3) is 0.600. The van der Waals surface area contributed by atoms with Gasteiger partial charge in [-0.05, 0) is 5.57 Å². The second-order valence-corrected chi connectivity index (χ2v) is 3.07. The van der Waals surface area contributed by atoms with Gasteiger partial charge in [0.2, 0.25) is 0 Å². The van der Waals surface area contributed by atoms with Gasteiger partial charge in [-0.2, -0.15) is 0 Å². The lowest BCUT2D eigenvalue weighted by Crippen LogP contribution is -2.04. The quantitative estimate of drug-likeness (QED) is 0.390. The molecule has 0 aromatic carbocycles. The van der Waals surface area contributed by atoms with E-state index in [1.165, 1.54) is 0 Å². The summed E-state index contributed by atoms with van der Waals surface area (Å²) < 4.78 is 0. The lowest BCUT2D eigenvalue weighted by molar-refractivity contribution is 0.269. The first-order valence-electron chi connectivity index (χ1n) is 2.76. The SMILES string of the molecule is OCC([SiH3])=C(CO)CO. The molecule has 0 amide bonds. The van der Waals surface area contributed by atoms with Crippen LogP contribution in [0.2, 0.25) is 0 Å². The van der Waals surface area contributed by atoms with Crippen LogP contribution in [0.25, 0.3) is 0 Å². The maximum atomic E-state index is 8.52. The molecule has 3 N–H and O–H groups in total. The first-order valence-corrected chi connectivity index (χ1v) is 3.76. The molecular formula is C5H12O3Si. The molecule has 0 rings (SSSR count). The minimum atomic E-state index is -0.143. The molecule has 0 aliphatic carbocycles. The van der Waals surface area contributed by atoms with Crippen LogP contribution in [0.3, 0.4) is 0 Å². The standard InChI is InChI=1S/C5H12O3Si/c6-1-4(2-7)5(9)3-8/h6-8H,1-3H2,9H3. The van der Waals surface area contributed by atoms with E-state index < -0.39 is 0 Å². The Kier molecular flexibility index (Phi) is 4.61. The van der Waals surface area contributed by atoms with Crippen molar-refractivity contribution in [3.8, 4) is 0 Å². The molecule has 3 nitrogen and oxygen atoms in total. The average molecular weight is 148 g/mol. The molecule has 4 heteroatoms. The molecule has 0 saturated heterocycles. The minimum Gasteiger partial charge on any atom is -0.392 e. The third kappa shape index (κ3) is 2.76. The molecule has 0 saturated carbocycles. The predicted molar refractivity (Wildman–Crippen MR) is 38.2 cm³/mol. The van der Waals surface area contributed by atoms with Gasteiger partial charge in [-0.1, -0.05) is 5.20 Å². The van der Waals surface area contributed by atoms with E-state index in [2.05, 4.69) is 0 Å². The Balaban J connectivity index is 4.01. The van der Waals surface area contributed by atoms with Crippen LogP contribution in [0, 0.1) is 0 Å². The highest BCUT2D eigenvalue weighted by Crippen LogP contribution is 1.96. The Morgan fingerprint density at radius 1 is 1.00 bits per heavy atom. The first-order chi connectivity index (χ1) is 4.26. The van der Waals surface area contributed by atoms with Gasteiger partial charge in [0.25, 0.3) is 0 Å². The Labute approximate surface area is 57.1 Å². The van der Waals surface area contributed by atoms with Gasteiger partial charge in [-0.15, -0.1) is 0 Å². The molecule has 0 aliphatic rings. The molecule has 0 atom stereocenters. The lowest BCUT2D eigenvalue weighted by atomic mass is 10.3. The molecule has 0 aromatic heterocycles. The van der Waals surface area contributed by atoms with Crippen molar-refractivity contribution in [2.24, 2.45) is 0 Å². The monoisotopic (exact) mass is 148 g/mol. The summed E-state index contributed by atoms with van der Waals surface area (Å²) in [6.07, 6.45) is 0. The molecule has 0 aromatic rings.